The van der Waals surface area contributed by atoms with Gasteiger partial charge >= 0.3 is 0 Å². The number of hydrogen-bond acceptors (Lipinski definition) is 2. The summed E-state index contributed by atoms with van der Waals surface area (Å²) < 4.78 is 0. The molecular formula is C13H16ClN3. The Balaban J connectivity index is 2.44. The van der Waals surface area contributed by atoms with Crippen molar-refractivity contribution >= 4 is 17.3 Å². The maximum atomic E-state index is 5.93. The largest absolute Gasteiger partial charge is 0.398 e. The van der Waals surface area contributed by atoms with Crippen LogP contribution in [0.5, 0.6) is 0 Å². The third-order valence-electron chi connectivity index (χ3n) is 2.65. The molecule has 90 valence electrons. The lowest BCUT2D eigenvalue weighted by Crippen LogP contribution is -2.11. The van der Waals surface area contributed by atoms with Crippen LogP contribution in [0.1, 0.15) is 26.5 Å². The van der Waals surface area contributed by atoms with Crippen LogP contribution in [0.4, 0.5) is 5.69 Å². The van der Waals surface area contributed by atoms with E-state index in [1.807, 2.05) is 18.3 Å². The number of nitrogen functional groups attached to an aromatic ring is 1. The van der Waals surface area contributed by atoms with E-state index in [1.165, 1.54) is 0 Å². The van der Waals surface area contributed by atoms with E-state index < -0.39 is 0 Å². The number of aromatic amines is 1. The quantitative estimate of drug-likeness (QED) is 0.759. The Labute approximate surface area is 106 Å². The molecule has 4 heteroatoms. The van der Waals surface area contributed by atoms with Crippen LogP contribution in [0.3, 0.4) is 0 Å². The third kappa shape index (κ3) is 2.44. The standard InChI is InChI=1S/C13H16ClN3/c1-13(2,3)11-7-16-12(17-11)9-5-4-8(14)6-10(9)15/h4-7H,15H2,1-3H3,(H,16,17). The number of aromatic nitrogens is 2. The molecule has 0 aliphatic carbocycles. The van der Waals surface area contributed by atoms with E-state index in [0.717, 1.165) is 17.1 Å². The van der Waals surface area contributed by atoms with Crippen LogP contribution in [-0.4, -0.2) is 9.97 Å². The van der Waals surface area contributed by atoms with E-state index >= 15 is 0 Å². The second kappa shape index (κ2) is 4.08. The fourth-order valence-electron chi connectivity index (χ4n) is 1.59. The van der Waals surface area contributed by atoms with E-state index in [-0.39, 0.29) is 5.41 Å². The van der Waals surface area contributed by atoms with Crippen molar-refractivity contribution in [2.24, 2.45) is 0 Å². The van der Waals surface area contributed by atoms with Crippen molar-refractivity contribution in [2.45, 2.75) is 26.2 Å². The fourth-order valence-corrected chi connectivity index (χ4v) is 1.77. The lowest BCUT2D eigenvalue weighted by atomic mass is 9.93. The Morgan fingerprint density at radius 3 is 2.53 bits per heavy atom. The van der Waals surface area contributed by atoms with E-state index in [0.29, 0.717) is 10.7 Å². The number of nitrogens with one attached hydrogen (secondary N) is 1. The fraction of sp³-hybridized carbons (Fsp3) is 0.308. The topological polar surface area (TPSA) is 54.7 Å². The van der Waals surface area contributed by atoms with Crippen LogP contribution >= 0.6 is 11.6 Å². The minimum absolute atomic E-state index is 0.0481. The van der Waals surface area contributed by atoms with Crippen molar-refractivity contribution in [3.63, 3.8) is 0 Å². The van der Waals surface area contributed by atoms with Crippen LogP contribution < -0.4 is 5.73 Å². The first-order valence-corrected chi connectivity index (χ1v) is 5.86. The Morgan fingerprint density at radius 2 is 2.00 bits per heavy atom. The molecule has 0 unspecified atom stereocenters. The summed E-state index contributed by atoms with van der Waals surface area (Å²) in [5.41, 5.74) is 8.57. The van der Waals surface area contributed by atoms with Gasteiger partial charge in [0.2, 0.25) is 0 Å². The van der Waals surface area contributed by atoms with Gasteiger partial charge in [0.25, 0.3) is 0 Å². The van der Waals surface area contributed by atoms with Crippen LogP contribution in [0.15, 0.2) is 24.4 Å². The van der Waals surface area contributed by atoms with Gasteiger partial charge in [-0.3, -0.25) is 0 Å². The predicted octanol–water partition coefficient (Wildman–Crippen LogP) is 3.61. The highest BCUT2D eigenvalue weighted by Crippen LogP contribution is 2.28. The molecule has 1 heterocycles. The summed E-state index contributed by atoms with van der Waals surface area (Å²) in [6.07, 6.45) is 1.85. The number of H-pyrrole nitrogens is 1. The van der Waals surface area contributed by atoms with E-state index in [4.69, 9.17) is 17.3 Å². The van der Waals surface area contributed by atoms with Crippen molar-refractivity contribution in [1.82, 2.24) is 9.97 Å². The first-order valence-electron chi connectivity index (χ1n) is 5.49. The molecule has 0 spiro atoms. The second-order valence-electron chi connectivity index (χ2n) is 5.13. The van der Waals surface area contributed by atoms with Crippen LogP contribution in [0, 0.1) is 0 Å². The third-order valence-corrected chi connectivity index (χ3v) is 2.89. The van der Waals surface area contributed by atoms with Gasteiger partial charge in [0.15, 0.2) is 0 Å². The summed E-state index contributed by atoms with van der Waals surface area (Å²) in [6, 6.07) is 5.42. The van der Waals surface area contributed by atoms with Gasteiger partial charge in [-0.2, -0.15) is 0 Å². The molecular weight excluding hydrogens is 234 g/mol. The van der Waals surface area contributed by atoms with Gasteiger partial charge < -0.3 is 10.7 Å². The highest BCUT2D eigenvalue weighted by Gasteiger charge is 2.17. The number of nitrogens with zero attached hydrogens (tertiary/aromatic N) is 1. The number of nitrogens with two attached hydrogens (primary N) is 1. The Morgan fingerprint density at radius 1 is 1.29 bits per heavy atom. The number of rotatable bonds is 1. The molecule has 2 rings (SSSR count). The highest BCUT2D eigenvalue weighted by atomic mass is 35.5. The molecule has 0 saturated carbocycles. The van der Waals surface area contributed by atoms with Crippen LogP contribution in [0.25, 0.3) is 11.4 Å². The molecule has 0 aliphatic heterocycles. The molecule has 1 aromatic heterocycles. The maximum Gasteiger partial charge on any atom is 0.139 e. The number of anilines is 1. The molecule has 0 atom stereocenters. The minimum atomic E-state index is 0.0481. The summed E-state index contributed by atoms with van der Waals surface area (Å²) in [7, 11) is 0. The summed E-state index contributed by atoms with van der Waals surface area (Å²) >= 11 is 5.87. The summed E-state index contributed by atoms with van der Waals surface area (Å²) in [5, 5.41) is 0.633. The SMILES string of the molecule is CC(C)(C)c1cnc(-c2ccc(Cl)cc2N)[nH]1. The lowest BCUT2D eigenvalue weighted by molar-refractivity contribution is 0.573. The predicted molar refractivity (Wildman–Crippen MR) is 72.1 cm³/mol. The zero-order valence-corrected chi connectivity index (χ0v) is 11.0. The highest BCUT2D eigenvalue weighted by molar-refractivity contribution is 6.31. The van der Waals surface area contributed by atoms with Gasteiger partial charge in [-0.1, -0.05) is 32.4 Å². The van der Waals surface area contributed by atoms with Crippen molar-refractivity contribution < 1.29 is 0 Å². The normalized spacial score (nSPS) is 11.8. The summed E-state index contributed by atoms with van der Waals surface area (Å²) in [6.45, 7) is 6.40. The van der Waals surface area contributed by atoms with Gasteiger partial charge in [-0.25, -0.2) is 4.98 Å². The maximum absolute atomic E-state index is 5.93. The van der Waals surface area contributed by atoms with Gasteiger partial charge in [0.1, 0.15) is 5.82 Å². The van der Waals surface area contributed by atoms with E-state index in [9.17, 15) is 0 Å². The van der Waals surface area contributed by atoms with Crippen molar-refractivity contribution in [1.29, 1.82) is 0 Å². The monoisotopic (exact) mass is 249 g/mol. The van der Waals surface area contributed by atoms with E-state index in [1.54, 1.807) is 6.07 Å². The summed E-state index contributed by atoms with van der Waals surface area (Å²) in [5.74, 6) is 0.782. The first kappa shape index (κ1) is 12.0. The van der Waals surface area contributed by atoms with Gasteiger partial charge in [0, 0.05) is 33.6 Å². The molecule has 1 aromatic carbocycles. The molecule has 0 saturated heterocycles. The molecule has 0 radical (unpaired) electrons. The summed E-state index contributed by atoms with van der Waals surface area (Å²) in [4.78, 5) is 7.66. The second-order valence-corrected chi connectivity index (χ2v) is 5.56. The first-order chi connectivity index (χ1) is 7.88. The number of benzene rings is 1. The number of imidazole rings is 1. The number of hydrogen-bond donors (Lipinski definition) is 2. The zero-order valence-electron chi connectivity index (χ0n) is 10.2. The zero-order chi connectivity index (χ0) is 12.6. The smallest absolute Gasteiger partial charge is 0.139 e. The molecule has 0 amide bonds. The molecule has 2 aromatic rings. The van der Waals surface area contributed by atoms with Gasteiger partial charge in [0.05, 0.1) is 0 Å². The van der Waals surface area contributed by atoms with Crippen molar-refractivity contribution in [3.8, 4) is 11.4 Å². The molecule has 0 bridgehead atoms. The van der Waals surface area contributed by atoms with Gasteiger partial charge in [-0.15, -0.1) is 0 Å². The average Bonchev–Trinajstić information content (AvgIpc) is 2.65. The molecule has 0 aliphatic rings. The van der Waals surface area contributed by atoms with Crippen molar-refractivity contribution in [2.75, 3.05) is 5.73 Å². The molecule has 3 N–H and O–H groups in total. The molecule has 0 fully saturated rings. The Bertz CT molecular complexity index is 538. The Hall–Kier alpha value is -1.48. The van der Waals surface area contributed by atoms with Gasteiger partial charge in [-0.05, 0) is 18.2 Å². The Kier molecular flexibility index (Phi) is 2.87. The van der Waals surface area contributed by atoms with Crippen LogP contribution in [0.2, 0.25) is 5.02 Å². The lowest BCUT2D eigenvalue weighted by Gasteiger charge is -2.15. The minimum Gasteiger partial charge on any atom is -0.398 e. The molecule has 17 heavy (non-hydrogen) atoms. The number of halogens is 1. The average molecular weight is 250 g/mol. The van der Waals surface area contributed by atoms with Crippen LogP contribution in [-0.2, 0) is 5.41 Å². The van der Waals surface area contributed by atoms with Crippen molar-refractivity contribution in [3.05, 3.63) is 35.1 Å². The molecule has 3 nitrogen and oxygen atoms in total. The van der Waals surface area contributed by atoms with E-state index in [2.05, 4.69) is 30.7 Å².